The van der Waals surface area contributed by atoms with Crippen LogP contribution >= 0.6 is 31.9 Å². The summed E-state index contributed by atoms with van der Waals surface area (Å²) in [5.74, 6) is 0.864. The molecule has 21 heavy (non-hydrogen) atoms. The van der Waals surface area contributed by atoms with Crippen molar-refractivity contribution in [1.82, 2.24) is 0 Å². The molecule has 0 aromatic heterocycles. The van der Waals surface area contributed by atoms with Crippen LogP contribution in [0, 0.1) is 0 Å². The van der Waals surface area contributed by atoms with Crippen LogP contribution < -0.4 is 10.1 Å². The highest BCUT2D eigenvalue weighted by Crippen LogP contribution is 2.37. The van der Waals surface area contributed by atoms with E-state index in [2.05, 4.69) is 43.2 Å². The Morgan fingerprint density at radius 1 is 1.19 bits per heavy atom. The second-order valence-electron chi connectivity index (χ2n) is 4.90. The average Bonchev–Trinajstić information content (AvgIpc) is 2.85. The van der Waals surface area contributed by atoms with Crippen molar-refractivity contribution in [2.45, 2.75) is 11.2 Å². The van der Waals surface area contributed by atoms with Crippen LogP contribution in [-0.4, -0.2) is 13.0 Å². The Bertz CT molecular complexity index is 715. The van der Waals surface area contributed by atoms with Gasteiger partial charge in [-0.1, -0.05) is 34.1 Å². The van der Waals surface area contributed by atoms with Gasteiger partial charge in [0.1, 0.15) is 5.75 Å². The summed E-state index contributed by atoms with van der Waals surface area (Å²) in [6.07, 6.45) is 0.454. The standard InChI is InChI=1S/C16H13Br2NO2/c1-21-14-5-3-10(7-12(14)17)16(18)9-2-4-13-11(6-9)8-15(20)19-13/h2-7,16H,8H2,1H3,(H,19,20). The van der Waals surface area contributed by atoms with Crippen LogP contribution in [-0.2, 0) is 11.2 Å². The third-order valence-corrected chi connectivity index (χ3v) is 5.19. The highest BCUT2D eigenvalue weighted by molar-refractivity contribution is 9.10. The maximum absolute atomic E-state index is 11.4. The van der Waals surface area contributed by atoms with Crippen molar-refractivity contribution in [2.75, 3.05) is 12.4 Å². The van der Waals surface area contributed by atoms with Gasteiger partial charge in [-0.3, -0.25) is 4.79 Å². The van der Waals surface area contributed by atoms with Gasteiger partial charge in [0.25, 0.3) is 0 Å². The Balaban J connectivity index is 1.92. The quantitative estimate of drug-likeness (QED) is 0.759. The SMILES string of the molecule is COc1ccc(C(Br)c2ccc3c(c2)CC(=O)N3)cc1Br. The number of rotatable bonds is 3. The summed E-state index contributed by atoms with van der Waals surface area (Å²) in [4.78, 5) is 11.5. The highest BCUT2D eigenvalue weighted by Gasteiger charge is 2.20. The maximum atomic E-state index is 11.4. The summed E-state index contributed by atoms with van der Waals surface area (Å²) in [6.45, 7) is 0. The molecule has 1 atom stereocenters. The summed E-state index contributed by atoms with van der Waals surface area (Å²) in [6, 6.07) is 12.1. The predicted molar refractivity (Wildman–Crippen MR) is 90.2 cm³/mol. The molecule has 0 radical (unpaired) electrons. The number of methoxy groups -OCH3 is 1. The molecule has 1 aliphatic heterocycles. The molecule has 0 spiro atoms. The van der Waals surface area contributed by atoms with Gasteiger partial charge in [-0.15, -0.1) is 0 Å². The Labute approximate surface area is 140 Å². The van der Waals surface area contributed by atoms with E-state index in [1.54, 1.807) is 7.11 Å². The lowest BCUT2D eigenvalue weighted by molar-refractivity contribution is -0.115. The maximum Gasteiger partial charge on any atom is 0.228 e. The first-order chi connectivity index (χ1) is 10.1. The van der Waals surface area contributed by atoms with Crippen LogP contribution in [0.5, 0.6) is 5.75 Å². The first-order valence-electron chi connectivity index (χ1n) is 6.48. The molecular weight excluding hydrogens is 398 g/mol. The van der Waals surface area contributed by atoms with Crippen molar-refractivity contribution in [3.05, 3.63) is 57.6 Å². The molecule has 1 N–H and O–H groups in total. The lowest BCUT2D eigenvalue weighted by Gasteiger charge is -2.14. The summed E-state index contributed by atoms with van der Waals surface area (Å²) in [7, 11) is 1.65. The topological polar surface area (TPSA) is 38.3 Å². The fourth-order valence-corrected chi connectivity index (χ4v) is 3.57. The van der Waals surface area contributed by atoms with Crippen LogP contribution in [0.1, 0.15) is 21.5 Å². The number of fused-ring (bicyclic) bond motifs is 1. The number of anilines is 1. The number of carbonyl (C=O) groups is 1. The van der Waals surface area contributed by atoms with E-state index in [0.29, 0.717) is 6.42 Å². The van der Waals surface area contributed by atoms with Gasteiger partial charge >= 0.3 is 0 Å². The summed E-state index contributed by atoms with van der Waals surface area (Å²) < 4.78 is 6.17. The third kappa shape index (κ3) is 2.85. The number of amides is 1. The molecule has 5 heteroatoms. The molecule has 0 bridgehead atoms. The summed E-state index contributed by atoms with van der Waals surface area (Å²) >= 11 is 7.24. The second-order valence-corrected chi connectivity index (χ2v) is 6.67. The molecule has 0 fully saturated rings. The Hall–Kier alpha value is -1.33. The smallest absolute Gasteiger partial charge is 0.228 e. The van der Waals surface area contributed by atoms with Gasteiger partial charge < -0.3 is 10.1 Å². The lowest BCUT2D eigenvalue weighted by atomic mass is 10.0. The van der Waals surface area contributed by atoms with Crippen LogP contribution in [0.3, 0.4) is 0 Å². The molecular formula is C16H13Br2NO2. The highest BCUT2D eigenvalue weighted by atomic mass is 79.9. The van der Waals surface area contributed by atoms with Gasteiger partial charge in [-0.2, -0.15) is 0 Å². The van der Waals surface area contributed by atoms with Gasteiger partial charge in [-0.05, 0) is 50.8 Å². The van der Waals surface area contributed by atoms with Gasteiger partial charge in [0.15, 0.2) is 0 Å². The molecule has 2 aromatic carbocycles. The number of alkyl halides is 1. The number of benzene rings is 2. The zero-order valence-electron chi connectivity index (χ0n) is 11.3. The molecule has 0 aliphatic carbocycles. The molecule has 108 valence electrons. The largest absolute Gasteiger partial charge is 0.496 e. The normalized spacial score (nSPS) is 14.5. The van der Waals surface area contributed by atoms with Gasteiger partial charge in [-0.25, -0.2) is 0 Å². The van der Waals surface area contributed by atoms with Crippen molar-refractivity contribution in [3.63, 3.8) is 0 Å². The molecule has 3 rings (SSSR count). The van der Waals surface area contributed by atoms with E-state index in [9.17, 15) is 4.79 Å². The molecule has 2 aromatic rings. The monoisotopic (exact) mass is 409 g/mol. The first kappa shape index (κ1) is 14.6. The van der Waals surface area contributed by atoms with Crippen LogP contribution in [0.15, 0.2) is 40.9 Å². The second kappa shape index (κ2) is 5.81. The minimum atomic E-state index is 0.0560. The average molecular weight is 411 g/mol. The molecule has 1 heterocycles. The van der Waals surface area contributed by atoms with Crippen molar-refractivity contribution in [3.8, 4) is 5.75 Å². The fraction of sp³-hybridized carbons (Fsp3) is 0.188. The van der Waals surface area contributed by atoms with E-state index < -0.39 is 0 Å². The molecule has 1 aliphatic rings. The first-order valence-corrected chi connectivity index (χ1v) is 8.19. The van der Waals surface area contributed by atoms with Crippen LogP contribution in [0.2, 0.25) is 0 Å². The van der Waals surface area contributed by atoms with E-state index >= 15 is 0 Å². The molecule has 1 amide bonds. The molecule has 0 saturated carbocycles. The number of hydrogen-bond donors (Lipinski definition) is 1. The molecule has 0 saturated heterocycles. The van der Waals surface area contributed by atoms with Crippen molar-refractivity contribution < 1.29 is 9.53 Å². The van der Waals surface area contributed by atoms with E-state index in [0.717, 1.165) is 32.6 Å². The Morgan fingerprint density at radius 2 is 1.90 bits per heavy atom. The number of hydrogen-bond acceptors (Lipinski definition) is 2. The van der Waals surface area contributed by atoms with Crippen molar-refractivity contribution >= 4 is 43.5 Å². The fourth-order valence-electron chi connectivity index (χ4n) is 2.44. The predicted octanol–water partition coefficient (Wildman–Crippen LogP) is 4.44. The van der Waals surface area contributed by atoms with Crippen LogP contribution in [0.25, 0.3) is 0 Å². The molecule has 3 nitrogen and oxygen atoms in total. The lowest BCUT2D eigenvalue weighted by Crippen LogP contribution is -2.03. The summed E-state index contributed by atoms with van der Waals surface area (Å²) in [5.41, 5.74) is 4.22. The zero-order chi connectivity index (χ0) is 15.0. The van der Waals surface area contributed by atoms with Gasteiger partial charge in [0.2, 0.25) is 5.91 Å². The van der Waals surface area contributed by atoms with Crippen molar-refractivity contribution in [2.24, 2.45) is 0 Å². The van der Waals surface area contributed by atoms with Crippen molar-refractivity contribution in [1.29, 1.82) is 0 Å². The zero-order valence-corrected chi connectivity index (χ0v) is 14.5. The minimum absolute atomic E-state index is 0.0560. The van der Waals surface area contributed by atoms with E-state index in [1.807, 2.05) is 30.3 Å². The minimum Gasteiger partial charge on any atom is -0.496 e. The third-order valence-electron chi connectivity index (χ3n) is 3.52. The van der Waals surface area contributed by atoms with Gasteiger partial charge in [0.05, 0.1) is 22.8 Å². The number of ether oxygens (including phenoxy) is 1. The Kier molecular flexibility index (Phi) is 4.04. The number of nitrogens with one attached hydrogen (secondary N) is 1. The summed E-state index contributed by atoms with van der Waals surface area (Å²) in [5, 5.41) is 2.85. The Morgan fingerprint density at radius 3 is 2.62 bits per heavy atom. The number of carbonyl (C=O) groups excluding carboxylic acids is 1. The van der Waals surface area contributed by atoms with Gasteiger partial charge in [0, 0.05) is 5.69 Å². The van der Waals surface area contributed by atoms with E-state index in [4.69, 9.17) is 4.74 Å². The van der Waals surface area contributed by atoms with E-state index in [1.165, 1.54) is 0 Å². The number of halogens is 2. The van der Waals surface area contributed by atoms with Crippen LogP contribution in [0.4, 0.5) is 5.69 Å². The van der Waals surface area contributed by atoms with E-state index in [-0.39, 0.29) is 10.7 Å². The molecule has 1 unspecified atom stereocenters.